The van der Waals surface area contributed by atoms with Gasteiger partial charge in [0.2, 0.25) is 5.91 Å². The van der Waals surface area contributed by atoms with Gasteiger partial charge in [0.15, 0.2) is 0 Å². The molecule has 0 unspecified atom stereocenters. The number of benzene rings is 2. The molecule has 0 fully saturated rings. The van der Waals surface area contributed by atoms with Crippen LogP contribution in [0.1, 0.15) is 15.9 Å². The maximum atomic E-state index is 11.1. The lowest BCUT2D eigenvalue weighted by atomic mass is 10.1. The van der Waals surface area contributed by atoms with Crippen molar-refractivity contribution in [2.24, 2.45) is 5.73 Å². The number of primary amides is 1. The van der Waals surface area contributed by atoms with Crippen LogP contribution in [0.4, 0.5) is 17.1 Å². The first-order valence-electron chi connectivity index (χ1n) is 5.59. The van der Waals surface area contributed by atoms with E-state index in [1.807, 2.05) is 31.2 Å². The smallest absolute Gasteiger partial charge is 0.248 e. The molecule has 0 aliphatic carbocycles. The molecule has 0 heterocycles. The molecule has 4 nitrogen and oxygen atoms in total. The number of hydrogen-bond donors (Lipinski definition) is 3. The van der Waals surface area contributed by atoms with Gasteiger partial charge in [0.1, 0.15) is 0 Å². The van der Waals surface area contributed by atoms with Gasteiger partial charge in [-0.2, -0.15) is 0 Å². The van der Waals surface area contributed by atoms with Crippen LogP contribution in [-0.2, 0) is 0 Å². The van der Waals surface area contributed by atoms with E-state index in [1.54, 1.807) is 18.2 Å². The maximum absolute atomic E-state index is 11.1. The highest BCUT2D eigenvalue weighted by Gasteiger charge is 2.05. The predicted molar refractivity (Wildman–Crippen MR) is 73.8 cm³/mol. The van der Waals surface area contributed by atoms with Gasteiger partial charge in [0.25, 0.3) is 0 Å². The fraction of sp³-hybridized carbons (Fsp3) is 0.0714. The van der Waals surface area contributed by atoms with Crippen LogP contribution in [0.2, 0.25) is 0 Å². The molecule has 2 aromatic rings. The first-order valence-corrected chi connectivity index (χ1v) is 5.59. The van der Waals surface area contributed by atoms with Crippen LogP contribution >= 0.6 is 0 Å². The van der Waals surface area contributed by atoms with Crippen LogP contribution < -0.4 is 16.8 Å². The zero-order valence-corrected chi connectivity index (χ0v) is 10.1. The summed E-state index contributed by atoms with van der Waals surface area (Å²) in [6.07, 6.45) is 0. The van der Waals surface area contributed by atoms with E-state index in [2.05, 4.69) is 5.32 Å². The summed E-state index contributed by atoms with van der Waals surface area (Å²) in [7, 11) is 0. The summed E-state index contributed by atoms with van der Waals surface area (Å²) < 4.78 is 0. The topological polar surface area (TPSA) is 81.1 Å². The monoisotopic (exact) mass is 241 g/mol. The SMILES string of the molecule is Cc1ccc(Nc2cc(C(N)=O)ccc2N)cc1. The van der Waals surface area contributed by atoms with Crippen LogP contribution in [-0.4, -0.2) is 5.91 Å². The zero-order valence-electron chi connectivity index (χ0n) is 10.1. The minimum Gasteiger partial charge on any atom is -0.397 e. The van der Waals surface area contributed by atoms with Crippen molar-refractivity contribution in [1.29, 1.82) is 0 Å². The lowest BCUT2D eigenvalue weighted by Gasteiger charge is -2.10. The van der Waals surface area contributed by atoms with Gasteiger partial charge >= 0.3 is 0 Å². The second-order valence-electron chi connectivity index (χ2n) is 4.16. The van der Waals surface area contributed by atoms with Crippen molar-refractivity contribution in [1.82, 2.24) is 0 Å². The Bertz CT molecular complexity index is 576. The van der Waals surface area contributed by atoms with Gasteiger partial charge in [-0.1, -0.05) is 17.7 Å². The van der Waals surface area contributed by atoms with Crippen LogP contribution in [0.5, 0.6) is 0 Å². The molecule has 0 atom stereocenters. The molecule has 92 valence electrons. The summed E-state index contributed by atoms with van der Waals surface area (Å²) in [5.74, 6) is -0.470. The Balaban J connectivity index is 2.30. The molecule has 1 amide bonds. The molecule has 0 aliphatic rings. The number of nitrogens with two attached hydrogens (primary N) is 2. The number of nitrogens with one attached hydrogen (secondary N) is 1. The van der Waals surface area contributed by atoms with Crippen molar-refractivity contribution >= 4 is 23.0 Å². The Morgan fingerprint density at radius 2 is 1.78 bits per heavy atom. The lowest BCUT2D eigenvalue weighted by molar-refractivity contribution is 0.100. The highest BCUT2D eigenvalue weighted by molar-refractivity contribution is 5.95. The second-order valence-corrected chi connectivity index (χ2v) is 4.16. The van der Waals surface area contributed by atoms with Gasteiger partial charge in [-0.15, -0.1) is 0 Å². The van der Waals surface area contributed by atoms with Crippen molar-refractivity contribution in [3.8, 4) is 0 Å². The summed E-state index contributed by atoms with van der Waals surface area (Å²) in [5.41, 5.74) is 14.9. The molecule has 18 heavy (non-hydrogen) atoms. The van der Waals surface area contributed by atoms with Crippen molar-refractivity contribution in [3.05, 3.63) is 53.6 Å². The molecule has 2 aromatic carbocycles. The Morgan fingerprint density at radius 3 is 2.39 bits per heavy atom. The van der Waals surface area contributed by atoms with E-state index in [1.165, 1.54) is 5.56 Å². The van der Waals surface area contributed by atoms with Crippen molar-refractivity contribution in [3.63, 3.8) is 0 Å². The van der Waals surface area contributed by atoms with Crippen molar-refractivity contribution < 1.29 is 4.79 Å². The molecule has 4 heteroatoms. The summed E-state index contributed by atoms with van der Waals surface area (Å²) in [5, 5.41) is 3.16. The van der Waals surface area contributed by atoms with E-state index in [0.717, 1.165) is 5.69 Å². The zero-order chi connectivity index (χ0) is 13.1. The molecular weight excluding hydrogens is 226 g/mol. The third-order valence-corrected chi connectivity index (χ3v) is 2.67. The number of aryl methyl sites for hydroxylation is 1. The number of carbonyl (C=O) groups excluding carboxylic acids is 1. The summed E-state index contributed by atoms with van der Waals surface area (Å²) in [6, 6.07) is 12.8. The largest absolute Gasteiger partial charge is 0.397 e. The van der Waals surface area contributed by atoms with E-state index < -0.39 is 5.91 Å². The van der Waals surface area contributed by atoms with Gasteiger partial charge in [-0.05, 0) is 37.3 Å². The van der Waals surface area contributed by atoms with E-state index in [4.69, 9.17) is 11.5 Å². The fourth-order valence-electron chi connectivity index (χ4n) is 1.61. The Labute approximate surface area is 106 Å². The average molecular weight is 241 g/mol. The molecule has 0 aliphatic heterocycles. The van der Waals surface area contributed by atoms with Gasteiger partial charge in [-0.3, -0.25) is 4.79 Å². The Kier molecular flexibility index (Phi) is 3.19. The molecule has 0 radical (unpaired) electrons. The highest BCUT2D eigenvalue weighted by atomic mass is 16.1. The molecule has 0 saturated heterocycles. The van der Waals surface area contributed by atoms with Gasteiger partial charge < -0.3 is 16.8 Å². The Morgan fingerprint density at radius 1 is 1.11 bits per heavy atom. The second kappa shape index (κ2) is 4.79. The van der Waals surface area contributed by atoms with Gasteiger partial charge in [0.05, 0.1) is 11.4 Å². The van der Waals surface area contributed by atoms with Crippen molar-refractivity contribution in [2.75, 3.05) is 11.1 Å². The third kappa shape index (κ3) is 2.60. The predicted octanol–water partition coefficient (Wildman–Crippen LogP) is 2.42. The molecule has 0 aromatic heterocycles. The molecule has 2 rings (SSSR count). The Hall–Kier alpha value is -2.49. The highest BCUT2D eigenvalue weighted by Crippen LogP contribution is 2.24. The number of amides is 1. The minimum absolute atomic E-state index is 0.429. The number of rotatable bonds is 3. The van der Waals surface area contributed by atoms with Crippen LogP contribution in [0.3, 0.4) is 0 Å². The maximum Gasteiger partial charge on any atom is 0.248 e. The first kappa shape index (κ1) is 12.0. The number of hydrogen-bond acceptors (Lipinski definition) is 3. The first-order chi connectivity index (χ1) is 8.56. The van der Waals surface area contributed by atoms with E-state index in [-0.39, 0.29) is 0 Å². The average Bonchev–Trinajstić information content (AvgIpc) is 2.34. The lowest BCUT2D eigenvalue weighted by Crippen LogP contribution is -2.11. The minimum atomic E-state index is -0.470. The van der Waals surface area contributed by atoms with Gasteiger partial charge in [0, 0.05) is 11.3 Å². The molecule has 0 saturated carbocycles. The van der Waals surface area contributed by atoms with Crippen molar-refractivity contribution in [2.45, 2.75) is 6.92 Å². The standard InChI is InChI=1S/C14H15N3O/c1-9-2-5-11(6-3-9)17-13-8-10(14(16)18)4-7-12(13)15/h2-8,17H,15H2,1H3,(H2,16,18). The van der Waals surface area contributed by atoms with Crippen LogP contribution in [0.15, 0.2) is 42.5 Å². The number of nitrogen functional groups attached to an aromatic ring is 1. The van der Waals surface area contributed by atoms with Crippen LogP contribution in [0.25, 0.3) is 0 Å². The summed E-state index contributed by atoms with van der Waals surface area (Å²) in [4.78, 5) is 11.1. The molecular formula is C14H15N3O. The number of carbonyl (C=O) groups is 1. The third-order valence-electron chi connectivity index (χ3n) is 2.67. The normalized spacial score (nSPS) is 10.1. The van der Waals surface area contributed by atoms with E-state index >= 15 is 0 Å². The quantitative estimate of drug-likeness (QED) is 0.722. The van der Waals surface area contributed by atoms with Gasteiger partial charge in [-0.25, -0.2) is 0 Å². The molecule has 0 spiro atoms. The summed E-state index contributed by atoms with van der Waals surface area (Å²) >= 11 is 0. The molecule has 0 bridgehead atoms. The van der Waals surface area contributed by atoms with E-state index in [0.29, 0.717) is 16.9 Å². The van der Waals surface area contributed by atoms with Crippen LogP contribution in [0, 0.1) is 6.92 Å². The number of anilines is 3. The van der Waals surface area contributed by atoms with E-state index in [9.17, 15) is 4.79 Å². The summed E-state index contributed by atoms with van der Waals surface area (Å²) in [6.45, 7) is 2.02. The molecule has 5 N–H and O–H groups in total. The fourth-order valence-corrected chi connectivity index (χ4v) is 1.61.